The van der Waals surface area contributed by atoms with Crippen molar-refractivity contribution in [3.8, 4) is 0 Å². The first-order chi connectivity index (χ1) is 10.5. The maximum Gasteiger partial charge on any atom is 0.183 e. The van der Waals surface area contributed by atoms with Crippen molar-refractivity contribution in [1.82, 2.24) is 0 Å². The molecule has 1 aromatic rings. The van der Waals surface area contributed by atoms with Gasteiger partial charge in [-0.25, -0.2) is 8.42 Å². The number of ether oxygens (including phenoxy) is 3. The van der Waals surface area contributed by atoms with Crippen molar-refractivity contribution in [3.05, 3.63) is 42.4 Å². The average molecular weight is 328 g/mol. The molecule has 120 valence electrons. The van der Waals surface area contributed by atoms with Crippen molar-refractivity contribution in [2.75, 3.05) is 12.4 Å². The molecule has 0 radical (unpaired) electrons. The van der Waals surface area contributed by atoms with Gasteiger partial charge in [-0.2, -0.15) is 0 Å². The van der Waals surface area contributed by atoms with E-state index in [0.717, 1.165) is 6.26 Å². The van der Waals surface area contributed by atoms with E-state index in [2.05, 4.69) is 0 Å². The zero-order chi connectivity index (χ0) is 15.7. The van der Waals surface area contributed by atoms with Crippen molar-refractivity contribution < 1.29 is 32.8 Å². The summed E-state index contributed by atoms with van der Waals surface area (Å²) in [6.45, 7) is 0.0699. The van der Waals surface area contributed by atoms with Crippen LogP contribution < -0.4 is 0 Å². The van der Waals surface area contributed by atoms with Crippen LogP contribution in [0, 0.1) is 0 Å². The van der Waals surface area contributed by atoms with E-state index in [1.807, 2.05) is 0 Å². The fourth-order valence-corrected chi connectivity index (χ4v) is 3.68. The number of aliphatic hydroxyl groups is 2. The highest BCUT2D eigenvalue weighted by atomic mass is 32.2. The molecule has 1 fully saturated rings. The molecule has 8 heteroatoms. The van der Waals surface area contributed by atoms with Crippen LogP contribution in [0.2, 0.25) is 0 Å². The summed E-state index contributed by atoms with van der Waals surface area (Å²) in [5, 5.41) is 19.3. The van der Waals surface area contributed by atoms with Gasteiger partial charge in [0.1, 0.15) is 24.2 Å². The summed E-state index contributed by atoms with van der Waals surface area (Å²) in [6.07, 6.45) is -2.70. The van der Waals surface area contributed by atoms with Gasteiger partial charge in [0.05, 0.1) is 11.5 Å². The predicted octanol–water partition coefficient (Wildman–Crippen LogP) is 0.361. The summed E-state index contributed by atoms with van der Waals surface area (Å²) in [4.78, 5) is 0.174. The highest BCUT2D eigenvalue weighted by Gasteiger charge is 2.43. The lowest BCUT2D eigenvalue weighted by atomic mass is 10.0. The third-order valence-corrected chi connectivity index (χ3v) is 5.26. The summed E-state index contributed by atoms with van der Waals surface area (Å²) >= 11 is 0. The molecule has 0 aliphatic carbocycles. The largest absolute Gasteiger partial charge is 0.506 e. The van der Waals surface area contributed by atoms with Crippen LogP contribution in [-0.2, 0) is 24.0 Å². The number of aliphatic hydroxyl groups excluding tert-OH is 2. The molecule has 0 saturated carbocycles. The Morgan fingerprint density at radius 3 is 2.68 bits per heavy atom. The van der Waals surface area contributed by atoms with E-state index in [4.69, 9.17) is 14.2 Å². The molecule has 2 aliphatic rings. The van der Waals surface area contributed by atoms with Gasteiger partial charge in [-0.3, -0.25) is 0 Å². The maximum absolute atomic E-state index is 12.3. The molecule has 4 atom stereocenters. The molecule has 2 heterocycles. The molecule has 0 amide bonds. The molecule has 0 spiro atoms. The quantitative estimate of drug-likeness (QED) is 0.826. The molecule has 7 nitrogen and oxygen atoms in total. The minimum absolute atomic E-state index is 0.0699. The molecule has 22 heavy (non-hydrogen) atoms. The van der Waals surface area contributed by atoms with Crippen LogP contribution in [0.25, 0.3) is 0 Å². The third-order valence-electron chi connectivity index (χ3n) is 3.56. The van der Waals surface area contributed by atoms with Crippen LogP contribution in [-0.4, -0.2) is 55.6 Å². The molecular formula is C14H16O7S. The standard InChI is InChI=1S/C14H16O7S/c15-10-6-19-11-7-20-12(21-14(11)13(10)16)8-22(17,18)9-4-2-1-3-5-9/h1-6,11-16H,7-8H2/t11-,12?,13-,14-/m1/s1. The SMILES string of the molecule is O=S(=O)(CC1OC[C@H]2OC=C(O)[C@@H](O)[C@@H]2O1)c1ccccc1. The molecule has 0 aromatic heterocycles. The first-order valence-electron chi connectivity index (χ1n) is 6.75. The van der Waals surface area contributed by atoms with Gasteiger partial charge in [-0.05, 0) is 12.1 Å². The van der Waals surface area contributed by atoms with Crippen LogP contribution in [0.5, 0.6) is 0 Å². The lowest BCUT2D eigenvalue weighted by molar-refractivity contribution is -0.268. The maximum atomic E-state index is 12.3. The van der Waals surface area contributed by atoms with Gasteiger partial charge < -0.3 is 24.4 Å². The van der Waals surface area contributed by atoms with Crippen molar-refractivity contribution in [3.63, 3.8) is 0 Å². The molecule has 2 N–H and O–H groups in total. The summed E-state index contributed by atoms with van der Waals surface area (Å²) in [7, 11) is -3.58. The lowest BCUT2D eigenvalue weighted by Gasteiger charge is -2.39. The monoisotopic (exact) mass is 328 g/mol. The highest BCUT2D eigenvalue weighted by molar-refractivity contribution is 7.91. The van der Waals surface area contributed by atoms with Gasteiger partial charge in [0.15, 0.2) is 28.0 Å². The van der Waals surface area contributed by atoms with Crippen molar-refractivity contribution in [2.45, 2.75) is 29.5 Å². The van der Waals surface area contributed by atoms with Gasteiger partial charge in [0, 0.05) is 0 Å². The van der Waals surface area contributed by atoms with E-state index >= 15 is 0 Å². The van der Waals surface area contributed by atoms with E-state index in [9.17, 15) is 18.6 Å². The molecule has 1 unspecified atom stereocenters. The van der Waals surface area contributed by atoms with Gasteiger partial charge >= 0.3 is 0 Å². The van der Waals surface area contributed by atoms with Crippen LogP contribution in [0.1, 0.15) is 0 Å². The Bertz CT molecular complexity index is 655. The fraction of sp³-hybridized carbons (Fsp3) is 0.429. The first kappa shape index (κ1) is 15.3. The van der Waals surface area contributed by atoms with Gasteiger partial charge in [-0.15, -0.1) is 0 Å². The molecule has 3 rings (SSSR count). The molecule has 1 saturated heterocycles. The molecule has 2 aliphatic heterocycles. The number of sulfone groups is 1. The number of hydrogen-bond acceptors (Lipinski definition) is 7. The van der Waals surface area contributed by atoms with Gasteiger partial charge in [0.2, 0.25) is 0 Å². The Labute approximate surface area is 127 Å². The molecule has 0 bridgehead atoms. The van der Waals surface area contributed by atoms with E-state index in [-0.39, 0.29) is 23.0 Å². The van der Waals surface area contributed by atoms with Crippen molar-refractivity contribution >= 4 is 9.84 Å². The summed E-state index contributed by atoms with van der Waals surface area (Å²) < 4.78 is 40.5. The van der Waals surface area contributed by atoms with E-state index < -0.39 is 34.4 Å². The van der Waals surface area contributed by atoms with Crippen molar-refractivity contribution in [2.24, 2.45) is 0 Å². The summed E-state index contributed by atoms with van der Waals surface area (Å²) in [5.74, 6) is -0.731. The van der Waals surface area contributed by atoms with Crippen molar-refractivity contribution in [1.29, 1.82) is 0 Å². The number of fused-ring (bicyclic) bond motifs is 1. The Morgan fingerprint density at radius 2 is 1.95 bits per heavy atom. The average Bonchev–Trinajstić information content (AvgIpc) is 2.52. The fourth-order valence-electron chi connectivity index (χ4n) is 2.38. The Kier molecular flexibility index (Phi) is 4.09. The highest BCUT2D eigenvalue weighted by Crippen LogP contribution is 2.27. The number of benzene rings is 1. The third kappa shape index (κ3) is 2.95. The topological polar surface area (TPSA) is 102 Å². The Hall–Kier alpha value is -1.61. The lowest BCUT2D eigenvalue weighted by Crippen LogP contribution is -2.54. The first-order valence-corrected chi connectivity index (χ1v) is 8.40. The number of rotatable bonds is 3. The second-order valence-corrected chi connectivity index (χ2v) is 7.15. The normalized spacial score (nSPS) is 31.8. The second-order valence-electron chi connectivity index (χ2n) is 5.12. The van der Waals surface area contributed by atoms with Crippen LogP contribution >= 0.6 is 0 Å². The molecular weight excluding hydrogens is 312 g/mol. The minimum atomic E-state index is -3.58. The zero-order valence-electron chi connectivity index (χ0n) is 11.5. The molecule has 1 aromatic carbocycles. The zero-order valence-corrected chi connectivity index (χ0v) is 12.3. The smallest absolute Gasteiger partial charge is 0.183 e. The van der Waals surface area contributed by atoms with Gasteiger partial charge in [-0.1, -0.05) is 18.2 Å². The van der Waals surface area contributed by atoms with Crippen LogP contribution in [0.15, 0.2) is 47.2 Å². The summed E-state index contributed by atoms with van der Waals surface area (Å²) in [6, 6.07) is 7.98. The predicted molar refractivity (Wildman–Crippen MR) is 74.7 cm³/mol. The Balaban J connectivity index is 1.71. The second kappa shape index (κ2) is 5.88. The van der Waals surface area contributed by atoms with E-state index in [0.29, 0.717) is 0 Å². The minimum Gasteiger partial charge on any atom is -0.506 e. The summed E-state index contributed by atoms with van der Waals surface area (Å²) in [5.41, 5.74) is 0. The van der Waals surface area contributed by atoms with Crippen LogP contribution in [0.4, 0.5) is 0 Å². The van der Waals surface area contributed by atoms with Gasteiger partial charge in [0.25, 0.3) is 0 Å². The Morgan fingerprint density at radius 1 is 1.23 bits per heavy atom. The van der Waals surface area contributed by atoms with E-state index in [1.165, 1.54) is 12.1 Å². The number of hydrogen-bond donors (Lipinski definition) is 2. The van der Waals surface area contributed by atoms with E-state index in [1.54, 1.807) is 18.2 Å². The van der Waals surface area contributed by atoms with Crippen LogP contribution in [0.3, 0.4) is 0 Å².